The number of hydrogen-bond donors (Lipinski definition) is 1. The summed E-state index contributed by atoms with van der Waals surface area (Å²) < 4.78 is 5.81. The van der Waals surface area contributed by atoms with Gasteiger partial charge in [-0.15, -0.1) is 23.1 Å². The molecule has 3 aromatic rings. The van der Waals surface area contributed by atoms with E-state index < -0.39 is 0 Å². The Bertz CT molecular complexity index is 876. The molecule has 1 N–H and O–H groups in total. The Hall–Kier alpha value is -2.31. The lowest BCUT2D eigenvalue weighted by molar-refractivity contribution is -0.113. The zero-order chi connectivity index (χ0) is 18.4. The van der Waals surface area contributed by atoms with Gasteiger partial charge >= 0.3 is 0 Å². The third-order valence-electron chi connectivity index (χ3n) is 3.51. The Morgan fingerprint density at radius 3 is 2.65 bits per heavy atom. The molecule has 6 heteroatoms. The van der Waals surface area contributed by atoms with E-state index in [1.807, 2.05) is 67.8 Å². The van der Waals surface area contributed by atoms with Gasteiger partial charge in [-0.25, -0.2) is 4.98 Å². The van der Waals surface area contributed by atoms with Crippen molar-refractivity contribution in [1.29, 1.82) is 0 Å². The highest BCUT2D eigenvalue weighted by Crippen LogP contribution is 2.24. The predicted octanol–water partition coefficient (Wildman–Crippen LogP) is 5.42. The Balaban J connectivity index is 1.46. The molecule has 0 saturated heterocycles. The number of nitrogens with zero attached hydrogens (tertiary/aromatic N) is 1. The highest BCUT2D eigenvalue weighted by molar-refractivity contribution is 7.99. The fourth-order valence-corrected chi connectivity index (χ4v) is 3.78. The monoisotopic (exact) mass is 384 g/mol. The van der Waals surface area contributed by atoms with Gasteiger partial charge in [0.1, 0.15) is 11.5 Å². The number of ether oxygens (including phenoxy) is 1. The second kappa shape index (κ2) is 8.87. The molecule has 0 spiro atoms. The summed E-state index contributed by atoms with van der Waals surface area (Å²) in [5.41, 5.74) is 2.94. The van der Waals surface area contributed by atoms with Crippen LogP contribution in [-0.4, -0.2) is 16.6 Å². The fourth-order valence-electron chi connectivity index (χ4n) is 2.34. The molecule has 0 aliphatic rings. The highest BCUT2D eigenvalue weighted by Gasteiger charge is 2.05. The van der Waals surface area contributed by atoms with E-state index in [2.05, 4.69) is 10.3 Å². The molecule has 0 bridgehead atoms. The van der Waals surface area contributed by atoms with Gasteiger partial charge in [-0.3, -0.25) is 4.79 Å². The van der Waals surface area contributed by atoms with E-state index in [0.717, 1.165) is 39.2 Å². The van der Waals surface area contributed by atoms with Gasteiger partial charge in [-0.1, -0.05) is 12.1 Å². The molecule has 0 radical (unpaired) electrons. The lowest BCUT2D eigenvalue weighted by Gasteiger charge is -2.08. The van der Waals surface area contributed by atoms with Crippen LogP contribution < -0.4 is 10.1 Å². The molecule has 1 heterocycles. The molecule has 0 fully saturated rings. The van der Waals surface area contributed by atoms with Gasteiger partial charge in [-0.2, -0.15) is 0 Å². The van der Waals surface area contributed by atoms with E-state index in [9.17, 15) is 4.79 Å². The molecule has 0 aliphatic carbocycles. The van der Waals surface area contributed by atoms with Crippen molar-refractivity contribution in [2.24, 2.45) is 0 Å². The van der Waals surface area contributed by atoms with Crippen LogP contribution >= 0.6 is 23.1 Å². The van der Waals surface area contributed by atoms with Crippen LogP contribution in [0.5, 0.6) is 11.5 Å². The summed E-state index contributed by atoms with van der Waals surface area (Å²) in [5.74, 6) is 2.67. The SMILES string of the molecule is Cc1cccc(Oc2ccc(NC(=O)CSCc3csc(C)n3)cc2)c1. The maximum absolute atomic E-state index is 12.0. The van der Waals surface area contributed by atoms with E-state index >= 15 is 0 Å². The number of aryl methyl sites for hydroxylation is 2. The molecule has 2 aromatic carbocycles. The lowest BCUT2D eigenvalue weighted by Crippen LogP contribution is -2.14. The minimum absolute atomic E-state index is 0.0192. The van der Waals surface area contributed by atoms with Crippen molar-refractivity contribution in [2.75, 3.05) is 11.1 Å². The van der Waals surface area contributed by atoms with Crippen LogP contribution in [0.4, 0.5) is 5.69 Å². The first-order valence-corrected chi connectivity index (χ1v) is 10.2. The first kappa shape index (κ1) is 18.5. The number of benzene rings is 2. The van der Waals surface area contributed by atoms with Crippen LogP contribution in [0, 0.1) is 13.8 Å². The molecule has 134 valence electrons. The van der Waals surface area contributed by atoms with E-state index in [1.165, 1.54) is 0 Å². The number of nitrogens with one attached hydrogen (secondary N) is 1. The Labute approximate surface area is 161 Å². The summed E-state index contributed by atoms with van der Waals surface area (Å²) in [6.45, 7) is 4.01. The molecular formula is C20H20N2O2S2. The highest BCUT2D eigenvalue weighted by atomic mass is 32.2. The molecule has 0 atom stereocenters. The molecule has 0 aliphatic heterocycles. The summed E-state index contributed by atoms with van der Waals surface area (Å²) >= 11 is 3.19. The Morgan fingerprint density at radius 1 is 1.15 bits per heavy atom. The minimum atomic E-state index is -0.0192. The number of carbonyl (C=O) groups is 1. The van der Waals surface area contributed by atoms with Crippen molar-refractivity contribution in [1.82, 2.24) is 4.98 Å². The first-order valence-electron chi connectivity index (χ1n) is 8.22. The van der Waals surface area contributed by atoms with Gasteiger partial charge in [0.15, 0.2) is 0 Å². The van der Waals surface area contributed by atoms with Gasteiger partial charge in [0.2, 0.25) is 5.91 Å². The summed E-state index contributed by atoms with van der Waals surface area (Å²) in [5, 5.41) is 5.99. The van der Waals surface area contributed by atoms with Crippen molar-refractivity contribution < 1.29 is 9.53 Å². The molecular weight excluding hydrogens is 364 g/mol. The second-order valence-electron chi connectivity index (χ2n) is 5.84. The number of aromatic nitrogens is 1. The van der Waals surface area contributed by atoms with Crippen LogP contribution in [0.1, 0.15) is 16.3 Å². The third-order valence-corrected chi connectivity index (χ3v) is 5.30. The number of amides is 1. The Kier molecular flexibility index (Phi) is 6.30. The molecule has 0 unspecified atom stereocenters. The smallest absolute Gasteiger partial charge is 0.234 e. The summed E-state index contributed by atoms with van der Waals surface area (Å²) in [7, 11) is 0. The number of thioether (sulfide) groups is 1. The van der Waals surface area contributed by atoms with Crippen LogP contribution in [0.25, 0.3) is 0 Å². The fraction of sp³-hybridized carbons (Fsp3) is 0.200. The van der Waals surface area contributed by atoms with Crippen LogP contribution in [0.15, 0.2) is 53.9 Å². The van der Waals surface area contributed by atoms with Gasteiger partial charge in [-0.05, 0) is 55.8 Å². The normalized spacial score (nSPS) is 10.5. The second-order valence-corrected chi connectivity index (χ2v) is 7.89. The van der Waals surface area contributed by atoms with Crippen LogP contribution in [0.3, 0.4) is 0 Å². The van der Waals surface area contributed by atoms with Crippen molar-refractivity contribution in [3.8, 4) is 11.5 Å². The third kappa shape index (κ3) is 5.61. The van der Waals surface area contributed by atoms with Crippen molar-refractivity contribution in [2.45, 2.75) is 19.6 Å². The quantitative estimate of drug-likeness (QED) is 0.590. The zero-order valence-electron chi connectivity index (χ0n) is 14.7. The molecule has 26 heavy (non-hydrogen) atoms. The number of anilines is 1. The van der Waals surface area contributed by atoms with Crippen molar-refractivity contribution >= 4 is 34.7 Å². The Morgan fingerprint density at radius 2 is 1.96 bits per heavy atom. The average molecular weight is 385 g/mol. The topological polar surface area (TPSA) is 51.2 Å². The number of thiazole rings is 1. The molecule has 4 nitrogen and oxygen atoms in total. The maximum Gasteiger partial charge on any atom is 0.234 e. The van der Waals surface area contributed by atoms with E-state index in [0.29, 0.717) is 5.75 Å². The van der Waals surface area contributed by atoms with E-state index in [1.54, 1.807) is 23.1 Å². The number of rotatable bonds is 7. The zero-order valence-corrected chi connectivity index (χ0v) is 16.3. The minimum Gasteiger partial charge on any atom is -0.457 e. The summed E-state index contributed by atoms with van der Waals surface area (Å²) in [6.07, 6.45) is 0. The van der Waals surface area contributed by atoms with Crippen molar-refractivity contribution in [3.63, 3.8) is 0 Å². The predicted molar refractivity (Wildman–Crippen MR) is 109 cm³/mol. The molecule has 3 rings (SSSR count). The number of hydrogen-bond acceptors (Lipinski definition) is 5. The molecule has 1 amide bonds. The average Bonchev–Trinajstić information content (AvgIpc) is 3.02. The molecule has 0 saturated carbocycles. The van der Waals surface area contributed by atoms with E-state index in [4.69, 9.17) is 4.74 Å². The largest absolute Gasteiger partial charge is 0.457 e. The van der Waals surface area contributed by atoms with Gasteiger partial charge in [0, 0.05) is 16.8 Å². The maximum atomic E-state index is 12.0. The number of carbonyl (C=O) groups excluding carboxylic acids is 1. The van der Waals surface area contributed by atoms with Gasteiger partial charge < -0.3 is 10.1 Å². The summed E-state index contributed by atoms with van der Waals surface area (Å²) in [6, 6.07) is 15.3. The standard InChI is InChI=1S/C20H20N2O2S2/c1-14-4-3-5-19(10-14)24-18-8-6-16(7-9-18)22-20(23)13-25-11-17-12-26-15(2)21-17/h3-10,12H,11,13H2,1-2H3,(H,22,23). The summed E-state index contributed by atoms with van der Waals surface area (Å²) in [4.78, 5) is 16.4. The van der Waals surface area contributed by atoms with Crippen molar-refractivity contribution in [3.05, 3.63) is 70.2 Å². The van der Waals surface area contributed by atoms with E-state index in [-0.39, 0.29) is 5.91 Å². The van der Waals surface area contributed by atoms with Gasteiger partial charge in [0.25, 0.3) is 0 Å². The first-order chi connectivity index (χ1) is 12.6. The molecule has 1 aromatic heterocycles. The van der Waals surface area contributed by atoms with Gasteiger partial charge in [0.05, 0.1) is 16.5 Å². The van der Waals surface area contributed by atoms with Crippen LogP contribution in [0.2, 0.25) is 0 Å². The van der Waals surface area contributed by atoms with Crippen LogP contribution in [-0.2, 0) is 10.5 Å². The lowest BCUT2D eigenvalue weighted by atomic mass is 10.2.